The predicted octanol–water partition coefficient (Wildman–Crippen LogP) is -0.00250. The lowest BCUT2D eigenvalue weighted by atomic mass is 10.1. The molecule has 9 nitrogen and oxygen atoms in total. The molecule has 2 rings (SSSR count). The van der Waals surface area contributed by atoms with Crippen molar-refractivity contribution in [1.82, 2.24) is 19.8 Å². The lowest BCUT2D eigenvalue weighted by Crippen LogP contribution is -2.48. The molecule has 1 fully saturated rings. The van der Waals surface area contributed by atoms with E-state index in [-0.39, 0.29) is 19.1 Å². The molecule has 1 aliphatic rings. The Labute approximate surface area is 166 Å². The van der Waals surface area contributed by atoms with Crippen LogP contribution in [0.25, 0.3) is 0 Å². The normalized spacial score (nSPS) is 27.1. The minimum absolute atomic E-state index is 0.0389. The maximum absolute atomic E-state index is 12.1. The highest BCUT2D eigenvalue weighted by molar-refractivity contribution is 5.73. The zero-order valence-electron chi connectivity index (χ0n) is 16.9. The number of hydrogen-bond donors (Lipinski definition) is 3. The molecule has 1 amide bonds. The van der Waals surface area contributed by atoms with Gasteiger partial charge in [-0.25, -0.2) is 4.98 Å². The molecule has 0 aliphatic carbocycles. The van der Waals surface area contributed by atoms with Gasteiger partial charge >= 0.3 is 0 Å². The number of amides is 1. The zero-order valence-corrected chi connectivity index (χ0v) is 16.9. The Morgan fingerprint density at radius 2 is 2.11 bits per heavy atom. The van der Waals surface area contributed by atoms with E-state index >= 15 is 0 Å². The van der Waals surface area contributed by atoms with Crippen LogP contribution in [-0.4, -0.2) is 101 Å². The molecule has 0 aromatic carbocycles. The molecule has 2 heterocycles. The van der Waals surface area contributed by atoms with Gasteiger partial charge in [-0.1, -0.05) is 0 Å². The second-order valence-corrected chi connectivity index (χ2v) is 7.24. The first-order valence-corrected chi connectivity index (χ1v) is 9.94. The van der Waals surface area contributed by atoms with Gasteiger partial charge in [-0.05, 0) is 25.8 Å². The average molecular weight is 399 g/mol. The zero-order chi connectivity index (χ0) is 20.4. The van der Waals surface area contributed by atoms with E-state index in [9.17, 15) is 15.0 Å². The lowest BCUT2D eigenvalue weighted by molar-refractivity contribution is -0.136. The van der Waals surface area contributed by atoms with Crippen LogP contribution in [-0.2, 0) is 20.8 Å². The molecule has 0 unspecified atom stereocenters. The smallest absolute Gasteiger partial charge is 0.219 e. The topological polar surface area (TPSA) is 111 Å². The van der Waals surface area contributed by atoms with Crippen molar-refractivity contribution in [2.45, 2.75) is 51.0 Å². The average Bonchev–Trinajstić information content (AvgIpc) is 3.18. The summed E-state index contributed by atoms with van der Waals surface area (Å²) < 4.78 is 10.9. The van der Waals surface area contributed by atoms with Crippen LogP contribution in [0.4, 0.5) is 0 Å². The Hall–Kier alpha value is -1.52. The number of aliphatic hydroxyl groups is 2. The van der Waals surface area contributed by atoms with E-state index in [1.807, 2.05) is 6.20 Å². The SMILES string of the molecule is CO[C@H]1CN(C(C)=O)CCCN(Cc2ncc[nH]2)CCCCOC[C@H](O)[C@@H]1O. The number of carbonyl (C=O) groups is 1. The van der Waals surface area contributed by atoms with Crippen LogP contribution in [0.2, 0.25) is 0 Å². The maximum atomic E-state index is 12.1. The molecule has 28 heavy (non-hydrogen) atoms. The van der Waals surface area contributed by atoms with Crippen LogP contribution >= 0.6 is 0 Å². The molecule has 9 heteroatoms. The van der Waals surface area contributed by atoms with Crippen molar-refractivity contribution in [3.8, 4) is 0 Å². The second-order valence-electron chi connectivity index (χ2n) is 7.24. The highest BCUT2D eigenvalue weighted by Crippen LogP contribution is 2.10. The standard InChI is InChI=1S/C19H34N4O5/c1-15(24)23-10-5-9-22(13-18-20-6-7-21-18)8-3-4-11-28-14-16(25)19(26)17(12-23)27-2/h6-7,16-17,19,25-26H,3-5,8-14H2,1-2H3,(H,20,21)/t16-,17-,19-/m0/s1. The summed E-state index contributed by atoms with van der Waals surface area (Å²) in [5.41, 5.74) is 0. The van der Waals surface area contributed by atoms with Crippen molar-refractivity contribution in [3.63, 3.8) is 0 Å². The van der Waals surface area contributed by atoms with Crippen LogP contribution in [0.15, 0.2) is 12.4 Å². The van der Waals surface area contributed by atoms with E-state index in [0.29, 0.717) is 13.2 Å². The van der Waals surface area contributed by atoms with Crippen LogP contribution in [0.1, 0.15) is 32.0 Å². The van der Waals surface area contributed by atoms with Gasteiger partial charge in [0.15, 0.2) is 0 Å². The molecule has 0 spiro atoms. The van der Waals surface area contributed by atoms with Crippen molar-refractivity contribution in [2.75, 3.05) is 46.5 Å². The van der Waals surface area contributed by atoms with Gasteiger partial charge in [0.05, 0.1) is 13.2 Å². The summed E-state index contributed by atoms with van der Waals surface area (Å²) in [5, 5.41) is 20.6. The Bertz CT molecular complexity index is 557. The number of nitrogens with one attached hydrogen (secondary N) is 1. The monoisotopic (exact) mass is 398 g/mol. The Morgan fingerprint density at radius 1 is 1.32 bits per heavy atom. The minimum atomic E-state index is -1.12. The third-order valence-electron chi connectivity index (χ3n) is 5.06. The van der Waals surface area contributed by atoms with E-state index in [0.717, 1.165) is 44.7 Å². The molecule has 0 saturated carbocycles. The summed E-state index contributed by atoms with van der Waals surface area (Å²) >= 11 is 0. The van der Waals surface area contributed by atoms with Gasteiger partial charge in [-0.15, -0.1) is 0 Å². The first kappa shape index (κ1) is 22.8. The van der Waals surface area contributed by atoms with Crippen molar-refractivity contribution in [2.24, 2.45) is 0 Å². The molecule has 1 aliphatic heterocycles. The van der Waals surface area contributed by atoms with Gasteiger partial charge in [0.25, 0.3) is 0 Å². The van der Waals surface area contributed by atoms with Crippen molar-refractivity contribution in [1.29, 1.82) is 0 Å². The van der Waals surface area contributed by atoms with Crippen molar-refractivity contribution in [3.05, 3.63) is 18.2 Å². The maximum Gasteiger partial charge on any atom is 0.219 e. The number of ether oxygens (including phenoxy) is 2. The summed E-state index contributed by atoms with van der Waals surface area (Å²) in [5.74, 6) is 0.838. The van der Waals surface area contributed by atoms with E-state index in [4.69, 9.17) is 9.47 Å². The first-order valence-electron chi connectivity index (χ1n) is 9.94. The molecule has 0 bridgehead atoms. The van der Waals surface area contributed by atoms with Crippen LogP contribution in [0, 0.1) is 0 Å². The number of imidazole rings is 1. The Balaban J connectivity index is 2.03. The molecule has 160 valence electrons. The van der Waals surface area contributed by atoms with Crippen LogP contribution < -0.4 is 0 Å². The quantitative estimate of drug-likeness (QED) is 0.657. The number of hydrogen-bond acceptors (Lipinski definition) is 7. The first-order chi connectivity index (χ1) is 13.5. The summed E-state index contributed by atoms with van der Waals surface area (Å²) in [6.07, 6.45) is 3.33. The van der Waals surface area contributed by atoms with Gasteiger partial charge in [-0.3, -0.25) is 9.69 Å². The third kappa shape index (κ3) is 7.48. The minimum Gasteiger partial charge on any atom is -0.388 e. The Morgan fingerprint density at radius 3 is 2.79 bits per heavy atom. The van der Waals surface area contributed by atoms with Gasteiger partial charge in [0, 0.05) is 52.7 Å². The fraction of sp³-hybridized carbons (Fsp3) is 0.789. The third-order valence-corrected chi connectivity index (χ3v) is 5.06. The van der Waals surface area contributed by atoms with E-state index in [1.165, 1.54) is 14.0 Å². The number of H-pyrrole nitrogens is 1. The fourth-order valence-corrected chi connectivity index (χ4v) is 3.36. The molecule has 3 atom stereocenters. The molecule has 1 saturated heterocycles. The number of aromatic amines is 1. The number of methoxy groups -OCH3 is 1. The molecule has 0 radical (unpaired) electrons. The number of aromatic nitrogens is 2. The van der Waals surface area contributed by atoms with Gasteiger partial charge in [0.1, 0.15) is 24.1 Å². The van der Waals surface area contributed by atoms with Gasteiger partial charge in [0.2, 0.25) is 5.91 Å². The van der Waals surface area contributed by atoms with Crippen molar-refractivity contribution < 1.29 is 24.5 Å². The van der Waals surface area contributed by atoms with Crippen LogP contribution in [0.3, 0.4) is 0 Å². The largest absolute Gasteiger partial charge is 0.388 e. The second kappa shape index (κ2) is 12.1. The molecule has 1 aromatic heterocycles. The molecular weight excluding hydrogens is 364 g/mol. The summed E-state index contributed by atoms with van der Waals surface area (Å²) in [6.45, 7) is 5.31. The van der Waals surface area contributed by atoms with Crippen molar-refractivity contribution >= 4 is 5.91 Å². The van der Waals surface area contributed by atoms with Crippen LogP contribution in [0.5, 0.6) is 0 Å². The lowest BCUT2D eigenvalue weighted by Gasteiger charge is -2.31. The van der Waals surface area contributed by atoms with E-state index < -0.39 is 18.3 Å². The number of nitrogens with zero attached hydrogens (tertiary/aromatic N) is 3. The Kier molecular flexibility index (Phi) is 9.86. The summed E-state index contributed by atoms with van der Waals surface area (Å²) in [4.78, 5) is 23.5. The highest BCUT2D eigenvalue weighted by Gasteiger charge is 2.29. The molecule has 1 aromatic rings. The fourth-order valence-electron chi connectivity index (χ4n) is 3.36. The number of aliphatic hydroxyl groups excluding tert-OH is 2. The summed E-state index contributed by atoms with van der Waals surface area (Å²) in [7, 11) is 1.47. The summed E-state index contributed by atoms with van der Waals surface area (Å²) in [6, 6.07) is 0. The molecular formula is C19H34N4O5. The van der Waals surface area contributed by atoms with E-state index in [1.54, 1.807) is 11.1 Å². The predicted molar refractivity (Wildman–Crippen MR) is 104 cm³/mol. The number of carbonyl (C=O) groups excluding carboxylic acids is 1. The highest BCUT2D eigenvalue weighted by atomic mass is 16.5. The van der Waals surface area contributed by atoms with E-state index in [2.05, 4.69) is 14.9 Å². The number of rotatable bonds is 3. The van der Waals surface area contributed by atoms with Gasteiger partial charge in [-0.2, -0.15) is 0 Å². The molecule has 3 N–H and O–H groups in total. The van der Waals surface area contributed by atoms with Gasteiger partial charge < -0.3 is 29.6 Å².